The van der Waals surface area contributed by atoms with Crippen LogP contribution in [-0.4, -0.2) is 11.9 Å². The van der Waals surface area contributed by atoms with E-state index in [1.165, 1.54) is 0 Å². The van der Waals surface area contributed by atoms with Crippen molar-refractivity contribution in [2.45, 2.75) is 33.3 Å². The highest BCUT2D eigenvalue weighted by Gasteiger charge is 2.27. The maximum Gasteiger partial charge on any atom is 0.166 e. The van der Waals surface area contributed by atoms with E-state index in [2.05, 4.69) is 0 Å². The summed E-state index contributed by atoms with van der Waals surface area (Å²) in [4.78, 5) is 11.8. The molecule has 1 aromatic rings. The second-order valence-corrected chi connectivity index (χ2v) is 4.45. The lowest BCUT2D eigenvalue weighted by molar-refractivity contribution is 0.0945. The molecule has 2 nitrogen and oxygen atoms in total. The molecule has 0 radical (unpaired) electrons. The van der Waals surface area contributed by atoms with Crippen molar-refractivity contribution in [2.75, 3.05) is 0 Å². The Kier molecular flexibility index (Phi) is 2.51. The molecule has 80 valence electrons. The van der Waals surface area contributed by atoms with Crippen molar-refractivity contribution in [3.8, 4) is 5.75 Å². The molecule has 1 unspecified atom stereocenters. The van der Waals surface area contributed by atoms with Crippen LogP contribution in [0.5, 0.6) is 5.75 Å². The van der Waals surface area contributed by atoms with Gasteiger partial charge in [0.25, 0.3) is 0 Å². The van der Waals surface area contributed by atoms with Gasteiger partial charge in [-0.2, -0.15) is 0 Å². The van der Waals surface area contributed by atoms with Crippen LogP contribution >= 0.6 is 0 Å². The summed E-state index contributed by atoms with van der Waals surface area (Å²) in [5, 5.41) is 0. The van der Waals surface area contributed by atoms with Crippen molar-refractivity contribution >= 4 is 5.78 Å². The molecule has 0 spiro atoms. The van der Waals surface area contributed by atoms with Gasteiger partial charge in [0.05, 0.1) is 6.10 Å². The Balaban J connectivity index is 2.31. The lowest BCUT2D eigenvalue weighted by Gasteiger charge is -2.10. The van der Waals surface area contributed by atoms with Gasteiger partial charge in [-0.15, -0.1) is 0 Å². The zero-order chi connectivity index (χ0) is 11.0. The number of rotatable bonds is 2. The summed E-state index contributed by atoms with van der Waals surface area (Å²) in [6.07, 6.45) is 1.02. The van der Waals surface area contributed by atoms with Crippen molar-refractivity contribution < 1.29 is 9.53 Å². The molecule has 0 fully saturated rings. The van der Waals surface area contributed by atoms with Crippen LogP contribution in [0.1, 0.15) is 36.7 Å². The van der Waals surface area contributed by atoms with E-state index in [-0.39, 0.29) is 17.8 Å². The first-order valence-electron chi connectivity index (χ1n) is 5.41. The van der Waals surface area contributed by atoms with Crippen LogP contribution in [-0.2, 0) is 6.42 Å². The lowest BCUT2D eigenvalue weighted by atomic mass is 10.1. The number of hydrogen-bond donors (Lipinski definition) is 0. The van der Waals surface area contributed by atoms with Gasteiger partial charge in [0.15, 0.2) is 5.78 Å². The fourth-order valence-corrected chi connectivity index (χ4v) is 2.00. The Bertz CT molecular complexity index is 394. The monoisotopic (exact) mass is 204 g/mol. The van der Waals surface area contributed by atoms with E-state index in [0.29, 0.717) is 0 Å². The number of ether oxygens (including phenoxy) is 1. The molecule has 0 saturated heterocycles. The molecule has 1 aliphatic carbocycles. The number of ketones is 1. The standard InChI is InChI=1S/C13H16O2/c1-8(2)15-11-5-4-10-6-9(3)13(14)12(10)7-11/h4-5,7-9H,6H2,1-3H3. The minimum absolute atomic E-state index is 0.134. The van der Waals surface area contributed by atoms with Gasteiger partial charge >= 0.3 is 0 Å². The van der Waals surface area contributed by atoms with E-state index in [4.69, 9.17) is 4.74 Å². The molecule has 0 N–H and O–H groups in total. The Morgan fingerprint density at radius 1 is 1.40 bits per heavy atom. The SMILES string of the molecule is CC(C)Oc1ccc2c(c1)C(=O)C(C)C2. The zero-order valence-electron chi connectivity index (χ0n) is 9.41. The highest BCUT2D eigenvalue weighted by molar-refractivity contribution is 6.02. The molecule has 0 heterocycles. The minimum Gasteiger partial charge on any atom is -0.491 e. The summed E-state index contributed by atoms with van der Waals surface area (Å²) < 4.78 is 5.57. The second-order valence-electron chi connectivity index (χ2n) is 4.45. The topological polar surface area (TPSA) is 26.3 Å². The third-order valence-electron chi connectivity index (χ3n) is 2.69. The maximum atomic E-state index is 11.8. The first kappa shape index (κ1) is 10.2. The van der Waals surface area contributed by atoms with Gasteiger partial charge in [-0.25, -0.2) is 0 Å². The number of hydrogen-bond acceptors (Lipinski definition) is 2. The van der Waals surface area contributed by atoms with Crippen molar-refractivity contribution in [1.29, 1.82) is 0 Å². The van der Waals surface area contributed by atoms with Gasteiger partial charge in [-0.3, -0.25) is 4.79 Å². The van der Waals surface area contributed by atoms with Gasteiger partial charge in [0.1, 0.15) is 5.75 Å². The van der Waals surface area contributed by atoms with Crippen LogP contribution in [0.3, 0.4) is 0 Å². The Morgan fingerprint density at radius 3 is 2.80 bits per heavy atom. The first-order chi connectivity index (χ1) is 7.08. The van der Waals surface area contributed by atoms with Crippen molar-refractivity contribution in [3.63, 3.8) is 0 Å². The molecule has 1 atom stereocenters. The number of carbonyl (C=O) groups excluding carboxylic acids is 1. The number of benzene rings is 1. The smallest absolute Gasteiger partial charge is 0.166 e. The van der Waals surface area contributed by atoms with E-state index in [0.717, 1.165) is 23.3 Å². The number of carbonyl (C=O) groups is 1. The zero-order valence-corrected chi connectivity index (χ0v) is 9.41. The molecular formula is C13H16O2. The average Bonchev–Trinajstić information content (AvgIpc) is 2.43. The van der Waals surface area contributed by atoms with Crippen LogP contribution in [0.25, 0.3) is 0 Å². The summed E-state index contributed by atoms with van der Waals surface area (Å²) in [6.45, 7) is 5.95. The molecule has 15 heavy (non-hydrogen) atoms. The van der Waals surface area contributed by atoms with Crippen LogP contribution in [0.4, 0.5) is 0 Å². The average molecular weight is 204 g/mol. The molecule has 0 amide bonds. The summed E-state index contributed by atoms with van der Waals surface area (Å²) in [5.74, 6) is 1.18. The number of fused-ring (bicyclic) bond motifs is 1. The maximum absolute atomic E-state index is 11.8. The van der Waals surface area contributed by atoms with Crippen LogP contribution in [0.15, 0.2) is 18.2 Å². The van der Waals surface area contributed by atoms with Crippen molar-refractivity contribution in [1.82, 2.24) is 0 Å². The molecule has 0 saturated carbocycles. The Morgan fingerprint density at radius 2 is 2.13 bits per heavy atom. The van der Waals surface area contributed by atoms with Gasteiger partial charge in [-0.1, -0.05) is 13.0 Å². The van der Waals surface area contributed by atoms with Crippen LogP contribution in [0.2, 0.25) is 0 Å². The summed E-state index contributed by atoms with van der Waals surface area (Å²) >= 11 is 0. The normalized spacial score (nSPS) is 19.5. The summed E-state index contributed by atoms with van der Waals surface area (Å²) in [6, 6.07) is 5.83. The highest BCUT2D eigenvalue weighted by Crippen LogP contribution is 2.29. The third-order valence-corrected chi connectivity index (χ3v) is 2.69. The van der Waals surface area contributed by atoms with Gasteiger partial charge < -0.3 is 4.74 Å². The van der Waals surface area contributed by atoms with Crippen LogP contribution in [0, 0.1) is 5.92 Å². The molecule has 0 aromatic heterocycles. The summed E-state index contributed by atoms with van der Waals surface area (Å²) in [5.41, 5.74) is 2.00. The highest BCUT2D eigenvalue weighted by atomic mass is 16.5. The number of Topliss-reactive ketones (excluding diaryl/α,β-unsaturated/α-hetero) is 1. The van der Waals surface area contributed by atoms with Crippen molar-refractivity contribution in [3.05, 3.63) is 29.3 Å². The lowest BCUT2D eigenvalue weighted by Crippen LogP contribution is -2.06. The van der Waals surface area contributed by atoms with Crippen molar-refractivity contribution in [2.24, 2.45) is 5.92 Å². The Hall–Kier alpha value is -1.31. The van der Waals surface area contributed by atoms with E-state index in [1.807, 2.05) is 39.0 Å². The molecule has 1 aromatic carbocycles. The molecule has 1 aliphatic rings. The van der Waals surface area contributed by atoms with E-state index < -0.39 is 0 Å². The first-order valence-corrected chi connectivity index (χ1v) is 5.41. The molecule has 2 rings (SSSR count). The predicted molar refractivity (Wildman–Crippen MR) is 59.4 cm³/mol. The Labute approximate surface area is 90.3 Å². The molecule has 2 heteroatoms. The molecular weight excluding hydrogens is 188 g/mol. The summed E-state index contributed by atoms with van der Waals surface area (Å²) in [7, 11) is 0. The quantitative estimate of drug-likeness (QED) is 0.740. The van der Waals surface area contributed by atoms with E-state index in [9.17, 15) is 4.79 Å². The molecule has 0 aliphatic heterocycles. The van der Waals surface area contributed by atoms with Gasteiger partial charge in [0.2, 0.25) is 0 Å². The van der Waals surface area contributed by atoms with Crippen LogP contribution < -0.4 is 4.74 Å². The second kappa shape index (κ2) is 3.69. The fraction of sp³-hybridized carbons (Fsp3) is 0.462. The van der Waals surface area contributed by atoms with E-state index in [1.54, 1.807) is 0 Å². The van der Waals surface area contributed by atoms with E-state index >= 15 is 0 Å². The minimum atomic E-state index is 0.134. The predicted octanol–water partition coefficient (Wildman–Crippen LogP) is 2.85. The largest absolute Gasteiger partial charge is 0.491 e. The van der Waals surface area contributed by atoms with Gasteiger partial charge in [-0.05, 0) is 38.0 Å². The fourth-order valence-electron chi connectivity index (χ4n) is 2.00. The third kappa shape index (κ3) is 1.89. The molecule has 0 bridgehead atoms. The van der Waals surface area contributed by atoms with Gasteiger partial charge in [0, 0.05) is 11.5 Å².